The van der Waals surface area contributed by atoms with Crippen LogP contribution in [0.1, 0.15) is 11.3 Å². The highest BCUT2D eigenvalue weighted by molar-refractivity contribution is 6.30. The molecule has 2 heterocycles. The van der Waals surface area contributed by atoms with Gasteiger partial charge in [0.1, 0.15) is 0 Å². The van der Waals surface area contributed by atoms with Crippen molar-refractivity contribution in [1.82, 2.24) is 15.0 Å². The molecule has 0 unspecified atom stereocenters. The number of rotatable bonds is 3. The molecule has 3 nitrogen and oxygen atoms in total. The van der Waals surface area contributed by atoms with Gasteiger partial charge in [-0.1, -0.05) is 48.0 Å². The van der Waals surface area contributed by atoms with E-state index in [4.69, 9.17) is 11.6 Å². The lowest BCUT2D eigenvalue weighted by molar-refractivity contribution is 1.02. The third kappa shape index (κ3) is 2.83. The van der Waals surface area contributed by atoms with Gasteiger partial charge in [0, 0.05) is 24.4 Å². The maximum atomic E-state index is 6.14. The normalized spacial score (nSPS) is 10.4. The Balaban J connectivity index is 1.95. The summed E-state index contributed by atoms with van der Waals surface area (Å²) in [6.45, 7) is 0. The summed E-state index contributed by atoms with van der Waals surface area (Å²) in [7, 11) is 0. The Morgan fingerprint density at radius 1 is 0.950 bits per heavy atom. The molecule has 0 spiro atoms. The average Bonchev–Trinajstić information content (AvgIpc) is 2.51. The Kier molecular flexibility index (Phi) is 3.70. The lowest BCUT2D eigenvalue weighted by Gasteiger charge is -2.06. The Morgan fingerprint density at radius 2 is 1.80 bits per heavy atom. The third-order valence-corrected chi connectivity index (χ3v) is 3.27. The number of aromatic nitrogens is 3. The molecule has 3 aromatic rings. The number of hydrogen-bond donors (Lipinski definition) is 0. The van der Waals surface area contributed by atoms with Crippen molar-refractivity contribution in [1.29, 1.82) is 0 Å². The minimum absolute atomic E-state index is 0.438. The molecule has 0 atom stereocenters. The molecule has 0 amide bonds. The molecule has 1 aromatic carbocycles. The molecule has 0 radical (unpaired) electrons. The van der Waals surface area contributed by atoms with E-state index in [-0.39, 0.29) is 0 Å². The molecule has 4 heteroatoms. The first kappa shape index (κ1) is 12.8. The Hall–Kier alpha value is -2.26. The fourth-order valence-corrected chi connectivity index (χ4v) is 2.13. The van der Waals surface area contributed by atoms with Gasteiger partial charge in [0.25, 0.3) is 0 Å². The van der Waals surface area contributed by atoms with Crippen LogP contribution in [0.2, 0.25) is 5.15 Å². The van der Waals surface area contributed by atoms with E-state index >= 15 is 0 Å². The molecular formula is C16H12ClN3. The van der Waals surface area contributed by atoms with Crippen LogP contribution in [0, 0.1) is 0 Å². The summed E-state index contributed by atoms with van der Waals surface area (Å²) in [6, 6.07) is 13.8. The summed E-state index contributed by atoms with van der Waals surface area (Å²) in [5.41, 5.74) is 3.69. The molecule has 20 heavy (non-hydrogen) atoms. The highest BCUT2D eigenvalue weighted by Gasteiger charge is 2.08. The maximum absolute atomic E-state index is 6.14. The maximum Gasteiger partial charge on any atom is 0.150 e. The lowest BCUT2D eigenvalue weighted by Crippen LogP contribution is -1.98. The summed E-state index contributed by atoms with van der Waals surface area (Å²) >= 11 is 6.14. The van der Waals surface area contributed by atoms with Gasteiger partial charge in [0.2, 0.25) is 0 Å². The second kappa shape index (κ2) is 5.80. The molecular weight excluding hydrogens is 270 g/mol. The van der Waals surface area contributed by atoms with Crippen molar-refractivity contribution < 1.29 is 0 Å². The van der Waals surface area contributed by atoms with E-state index < -0.39 is 0 Å². The van der Waals surface area contributed by atoms with Gasteiger partial charge in [-0.15, -0.1) is 0 Å². The van der Waals surface area contributed by atoms with Gasteiger partial charge >= 0.3 is 0 Å². The number of halogens is 1. The predicted molar refractivity (Wildman–Crippen MR) is 79.5 cm³/mol. The molecule has 98 valence electrons. The van der Waals surface area contributed by atoms with Crippen LogP contribution in [-0.4, -0.2) is 15.0 Å². The van der Waals surface area contributed by atoms with Crippen LogP contribution < -0.4 is 0 Å². The highest BCUT2D eigenvalue weighted by atomic mass is 35.5. The first-order valence-electron chi connectivity index (χ1n) is 6.28. The monoisotopic (exact) mass is 281 g/mol. The molecule has 0 saturated carbocycles. The van der Waals surface area contributed by atoms with E-state index in [1.165, 1.54) is 0 Å². The number of hydrogen-bond acceptors (Lipinski definition) is 3. The second-order valence-corrected chi connectivity index (χ2v) is 4.75. The van der Waals surface area contributed by atoms with Gasteiger partial charge in [-0.25, -0.2) is 9.97 Å². The zero-order valence-corrected chi connectivity index (χ0v) is 11.5. The quantitative estimate of drug-likeness (QED) is 0.733. The molecule has 0 fully saturated rings. The topological polar surface area (TPSA) is 38.7 Å². The Morgan fingerprint density at radius 3 is 2.55 bits per heavy atom. The van der Waals surface area contributed by atoms with Gasteiger partial charge in [0.15, 0.2) is 5.15 Å². The summed E-state index contributed by atoms with van der Waals surface area (Å²) in [4.78, 5) is 12.9. The van der Waals surface area contributed by atoms with Crippen LogP contribution in [0.15, 0.2) is 61.1 Å². The van der Waals surface area contributed by atoms with Gasteiger partial charge in [-0.3, -0.25) is 4.98 Å². The van der Waals surface area contributed by atoms with Crippen molar-refractivity contribution in [3.8, 4) is 11.3 Å². The molecule has 0 aliphatic rings. The van der Waals surface area contributed by atoms with Crippen LogP contribution in [0.4, 0.5) is 0 Å². The zero-order valence-electron chi connectivity index (χ0n) is 10.7. The SMILES string of the molecule is Clc1ncc(-c2ccccc2)nc1Cc1cccnc1. The van der Waals surface area contributed by atoms with Crippen LogP contribution in [0.25, 0.3) is 11.3 Å². The second-order valence-electron chi connectivity index (χ2n) is 4.40. The zero-order chi connectivity index (χ0) is 13.8. The minimum Gasteiger partial charge on any atom is -0.264 e. The first-order chi connectivity index (χ1) is 9.83. The Bertz CT molecular complexity index is 699. The van der Waals surface area contributed by atoms with E-state index in [9.17, 15) is 0 Å². The standard InChI is InChI=1S/C16H12ClN3/c17-16-14(9-12-5-4-8-18-10-12)20-15(11-19-16)13-6-2-1-3-7-13/h1-8,10-11H,9H2. The Labute approximate surface area is 122 Å². The smallest absolute Gasteiger partial charge is 0.150 e. The van der Waals surface area contributed by atoms with Gasteiger partial charge in [-0.05, 0) is 11.6 Å². The van der Waals surface area contributed by atoms with Crippen molar-refractivity contribution in [2.24, 2.45) is 0 Å². The summed E-state index contributed by atoms with van der Waals surface area (Å²) in [5.74, 6) is 0. The van der Waals surface area contributed by atoms with E-state index in [1.54, 1.807) is 12.4 Å². The molecule has 3 rings (SSSR count). The van der Waals surface area contributed by atoms with Crippen LogP contribution in [-0.2, 0) is 6.42 Å². The van der Waals surface area contributed by atoms with E-state index in [0.717, 1.165) is 22.5 Å². The number of pyridine rings is 1. The molecule has 0 aliphatic carbocycles. The van der Waals surface area contributed by atoms with Gasteiger partial charge in [0.05, 0.1) is 17.6 Å². The average molecular weight is 282 g/mol. The predicted octanol–water partition coefficient (Wildman–Crippen LogP) is 3.78. The van der Waals surface area contributed by atoms with E-state index in [0.29, 0.717) is 11.6 Å². The largest absolute Gasteiger partial charge is 0.264 e. The summed E-state index contributed by atoms with van der Waals surface area (Å²) in [5, 5.41) is 0.438. The van der Waals surface area contributed by atoms with E-state index in [2.05, 4.69) is 15.0 Å². The van der Waals surface area contributed by atoms with Gasteiger partial charge in [-0.2, -0.15) is 0 Å². The highest BCUT2D eigenvalue weighted by Crippen LogP contribution is 2.21. The van der Waals surface area contributed by atoms with Crippen molar-refractivity contribution >= 4 is 11.6 Å². The van der Waals surface area contributed by atoms with Crippen molar-refractivity contribution in [3.05, 3.63) is 77.5 Å². The summed E-state index contributed by atoms with van der Waals surface area (Å²) < 4.78 is 0. The molecule has 0 N–H and O–H groups in total. The van der Waals surface area contributed by atoms with Crippen LogP contribution in [0.5, 0.6) is 0 Å². The fraction of sp³-hybridized carbons (Fsp3) is 0.0625. The molecule has 2 aromatic heterocycles. The number of nitrogens with zero attached hydrogens (tertiary/aromatic N) is 3. The van der Waals surface area contributed by atoms with Crippen molar-refractivity contribution in [2.45, 2.75) is 6.42 Å². The minimum atomic E-state index is 0.438. The molecule has 0 saturated heterocycles. The lowest BCUT2D eigenvalue weighted by atomic mass is 10.1. The van der Waals surface area contributed by atoms with Crippen LogP contribution in [0.3, 0.4) is 0 Å². The van der Waals surface area contributed by atoms with Crippen molar-refractivity contribution in [2.75, 3.05) is 0 Å². The summed E-state index contributed by atoms with van der Waals surface area (Å²) in [6.07, 6.45) is 5.88. The number of benzene rings is 1. The third-order valence-electron chi connectivity index (χ3n) is 2.96. The fourth-order valence-electron chi connectivity index (χ4n) is 1.97. The van der Waals surface area contributed by atoms with Crippen LogP contribution >= 0.6 is 11.6 Å². The van der Waals surface area contributed by atoms with Gasteiger partial charge < -0.3 is 0 Å². The van der Waals surface area contributed by atoms with E-state index in [1.807, 2.05) is 48.7 Å². The van der Waals surface area contributed by atoms with Crippen molar-refractivity contribution in [3.63, 3.8) is 0 Å². The molecule has 0 aliphatic heterocycles. The first-order valence-corrected chi connectivity index (χ1v) is 6.66. The molecule has 0 bridgehead atoms.